The van der Waals surface area contributed by atoms with E-state index in [1.807, 2.05) is 30.3 Å². The lowest BCUT2D eigenvalue weighted by Gasteiger charge is -2.39. The molecular formula is C28H24F2N2O4. The van der Waals surface area contributed by atoms with Crippen LogP contribution in [0.4, 0.5) is 8.78 Å². The molecular weight excluding hydrogens is 466 g/mol. The number of aromatic nitrogens is 2. The standard InChI is InChI=1S/C28H24F2N2O4/c1-18-16-19(2)32-27(31-18)36-25(26(33)34)28(21-8-12-23(29)13-9-21,22-10-14-24(30)15-11-22)35-17-20-6-4-3-5-7-20/h3-16,25H,17H2,1-2H3,(H,33,34). The van der Waals surface area contributed by atoms with Gasteiger partial charge in [-0.05, 0) is 60.9 Å². The first-order valence-corrected chi connectivity index (χ1v) is 11.2. The monoisotopic (exact) mass is 490 g/mol. The van der Waals surface area contributed by atoms with Crippen LogP contribution in [0.25, 0.3) is 0 Å². The molecule has 0 spiro atoms. The Bertz CT molecular complexity index is 1260. The van der Waals surface area contributed by atoms with Crippen LogP contribution in [0.2, 0.25) is 0 Å². The second kappa shape index (κ2) is 10.6. The van der Waals surface area contributed by atoms with E-state index in [1.165, 1.54) is 48.5 Å². The molecule has 3 aromatic carbocycles. The number of aliphatic carboxylic acids is 1. The van der Waals surface area contributed by atoms with E-state index in [4.69, 9.17) is 9.47 Å². The summed E-state index contributed by atoms with van der Waals surface area (Å²) in [5, 5.41) is 10.4. The average molecular weight is 491 g/mol. The highest BCUT2D eigenvalue weighted by atomic mass is 19.1. The quantitative estimate of drug-likeness (QED) is 0.340. The van der Waals surface area contributed by atoms with Crippen LogP contribution in [-0.2, 0) is 21.7 Å². The van der Waals surface area contributed by atoms with E-state index >= 15 is 0 Å². The first-order chi connectivity index (χ1) is 17.3. The summed E-state index contributed by atoms with van der Waals surface area (Å²) in [6.07, 6.45) is -1.72. The number of carboxylic acid groups (broad SMARTS) is 1. The third-order valence-corrected chi connectivity index (χ3v) is 5.63. The molecule has 0 saturated carbocycles. The molecule has 0 aliphatic carbocycles. The van der Waals surface area contributed by atoms with E-state index in [0.717, 1.165) is 5.56 Å². The van der Waals surface area contributed by atoms with Gasteiger partial charge in [0, 0.05) is 11.4 Å². The first kappa shape index (κ1) is 24.9. The molecule has 1 aromatic heterocycles. The predicted molar refractivity (Wildman–Crippen MR) is 128 cm³/mol. The van der Waals surface area contributed by atoms with Crippen molar-refractivity contribution in [1.82, 2.24) is 9.97 Å². The predicted octanol–water partition coefficient (Wildman–Crippen LogP) is 5.36. The van der Waals surface area contributed by atoms with Crippen LogP contribution < -0.4 is 4.74 Å². The SMILES string of the molecule is Cc1cc(C)nc(OC(C(=O)O)C(OCc2ccccc2)(c2ccc(F)cc2)c2ccc(F)cc2)n1. The zero-order valence-electron chi connectivity index (χ0n) is 19.7. The molecule has 0 radical (unpaired) electrons. The second-order valence-electron chi connectivity index (χ2n) is 8.29. The topological polar surface area (TPSA) is 81.5 Å². The molecule has 0 aliphatic rings. The van der Waals surface area contributed by atoms with Crippen LogP contribution in [-0.4, -0.2) is 27.1 Å². The van der Waals surface area contributed by atoms with Crippen molar-refractivity contribution in [3.63, 3.8) is 0 Å². The highest BCUT2D eigenvalue weighted by Gasteiger charge is 2.50. The summed E-state index contributed by atoms with van der Waals surface area (Å²) in [6, 6.07) is 21.2. The molecule has 4 aromatic rings. The Balaban J connectivity index is 1.93. The van der Waals surface area contributed by atoms with Gasteiger partial charge in [-0.25, -0.2) is 23.5 Å². The fourth-order valence-electron chi connectivity index (χ4n) is 4.04. The zero-order valence-corrected chi connectivity index (χ0v) is 19.7. The summed E-state index contributed by atoms with van der Waals surface area (Å²) in [5.41, 5.74) is 0.690. The summed E-state index contributed by atoms with van der Waals surface area (Å²) in [6.45, 7) is 3.45. The van der Waals surface area contributed by atoms with Gasteiger partial charge in [0.15, 0.2) is 5.60 Å². The number of hydrogen-bond donors (Lipinski definition) is 1. The van der Waals surface area contributed by atoms with Crippen molar-refractivity contribution in [2.24, 2.45) is 0 Å². The molecule has 1 atom stereocenters. The Morgan fingerprint density at radius 1 is 0.861 bits per heavy atom. The molecule has 0 aliphatic heterocycles. The van der Waals surface area contributed by atoms with Gasteiger partial charge in [-0.15, -0.1) is 0 Å². The second-order valence-corrected chi connectivity index (χ2v) is 8.29. The normalized spacial score (nSPS) is 12.2. The van der Waals surface area contributed by atoms with Crippen molar-refractivity contribution in [1.29, 1.82) is 0 Å². The molecule has 0 bridgehead atoms. The number of aryl methyl sites for hydroxylation is 2. The highest BCUT2D eigenvalue weighted by molar-refractivity contribution is 5.76. The minimum atomic E-state index is -1.83. The molecule has 36 heavy (non-hydrogen) atoms. The summed E-state index contributed by atoms with van der Waals surface area (Å²) in [4.78, 5) is 21.3. The maximum absolute atomic E-state index is 13.9. The summed E-state index contributed by atoms with van der Waals surface area (Å²) < 4.78 is 40.2. The Morgan fingerprint density at radius 3 is 1.83 bits per heavy atom. The van der Waals surface area contributed by atoms with Gasteiger partial charge in [0.05, 0.1) is 6.61 Å². The number of ether oxygens (including phenoxy) is 2. The van der Waals surface area contributed by atoms with Crippen molar-refractivity contribution in [2.45, 2.75) is 32.2 Å². The molecule has 0 amide bonds. The van der Waals surface area contributed by atoms with E-state index in [2.05, 4.69) is 9.97 Å². The van der Waals surface area contributed by atoms with E-state index in [9.17, 15) is 18.7 Å². The number of halogens is 2. The van der Waals surface area contributed by atoms with Gasteiger partial charge in [0.1, 0.15) is 11.6 Å². The Hall–Kier alpha value is -4.17. The molecule has 1 unspecified atom stereocenters. The fourth-order valence-corrected chi connectivity index (χ4v) is 4.04. The maximum atomic E-state index is 13.9. The summed E-state index contributed by atoms with van der Waals surface area (Å²) in [7, 11) is 0. The largest absolute Gasteiger partial charge is 0.478 e. The molecule has 1 heterocycles. The molecule has 4 rings (SSSR count). The van der Waals surface area contributed by atoms with Crippen molar-refractivity contribution in [3.8, 4) is 6.01 Å². The maximum Gasteiger partial charge on any atom is 0.348 e. The van der Waals surface area contributed by atoms with Crippen LogP contribution in [0.5, 0.6) is 6.01 Å². The number of benzene rings is 3. The van der Waals surface area contributed by atoms with E-state index in [-0.39, 0.29) is 12.6 Å². The molecule has 8 heteroatoms. The number of nitrogens with zero attached hydrogens (tertiary/aromatic N) is 2. The third-order valence-electron chi connectivity index (χ3n) is 5.63. The molecule has 0 fully saturated rings. The van der Waals surface area contributed by atoms with Gasteiger partial charge in [-0.3, -0.25) is 0 Å². The third kappa shape index (κ3) is 5.39. The van der Waals surface area contributed by atoms with Crippen LogP contribution in [0.15, 0.2) is 84.9 Å². The highest BCUT2D eigenvalue weighted by Crippen LogP contribution is 2.40. The lowest BCUT2D eigenvalue weighted by molar-refractivity contribution is -0.166. The Morgan fingerprint density at radius 2 is 1.36 bits per heavy atom. The van der Waals surface area contributed by atoms with Gasteiger partial charge in [0.25, 0.3) is 0 Å². The number of rotatable bonds is 9. The van der Waals surface area contributed by atoms with Crippen molar-refractivity contribution in [3.05, 3.63) is 125 Å². The number of carboxylic acids is 1. The first-order valence-electron chi connectivity index (χ1n) is 11.2. The van der Waals surface area contributed by atoms with Crippen LogP contribution in [0.3, 0.4) is 0 Å². The number of hydrogen-bond acceptors (Lipinski definition) is 5. The lowest BCUT2D eigenvalue weighted by Crippen LogP contribution is -2.51. The smallest absolute Gasteiger partial charge is 0.348 e. The van der Waals surface area contributed by atoms with Crippen molar-refractivity contribution in [2.75, 3.05) is 0 Å². The van der Waals surface area contributed by atoms with E-state index in [0.29, 0.717) is 22.5 Å². The minimum absolute atomic E-state index is 0.0174. The summed E-state index contributed by atoms with van der Waals surface area (Å²) in [5.74, 6) is -2.40. The van der Waals surface area contributed by atoms with Crippen molar-refractivity contribution < 1.29 is 28.2 Å². The average Bonchev–Trinajstić information content (AvgIpc) is 2.85. The Kier molecular flexibility index (Phi) is 7.36. The van der Waals surface area contributed by atoms with Crippen LogP contribution >= 0.6 is 0 Å². The number of carbonyl (C=O) groups is 1. The molecule has 184 valence electrons. The lowest BCUT2D eigenvalue weighted by atomic mass is 9.80. The van der Waals surface area contributed by atoms with Crippen LogP contribution in [0.1, 0.15) is 28.1 Å². The summed E-state index contributed by atoms with van der Waals surface area (Å²) >= 11 is 0. The van der Waals surface area contributed by atoms with Gasteiger partial charge >= 0.3 is 12.0 Å². The molecule has 1 N–H and O–H groups in total. The zero-order chi connectivity index (χ0) is 25.7. The molecule has 6 nitrogen and oxygen atoms in total. The molecule has 0 saturated heterocycles. The van der Waals surface area contributed by atoms with E-state index < -0.39 is 29.3 Å². The van der Waals surface area contributed by atoms with Crippen LogP contribution in [0, 0.1) is 25.5 Å². The van der Waals surface area contributed by atoms with E-state index in [1.54, 1.807) is 19.9 Å². The van der Waals surface area contributed by atoms with Gasteiger partial charge in [-0.2, -0.15) is 0 Å². The fraction of sp³-hybridized carbons (Fsp3) is 0.179. The Labute approximate surface area is 207 Å². The van der Waals surface area contributed by atoms with Gasteiger partial charge in [-0.1, -0.05) is 54.6 Å². The van der Waals surface area contributed by atoms with Gasteiger partial charge < -0.3 is 14.6 Å². The van der Waals surface area contributed by atoms with Gasteiger partial charge in [0.2, 0.25) is 6.10 Å². The van der Waals surface area contributed by atoms with Crippen molar-refractivity contribution >= 4 is 5.97 Å². The minimum Gasteiger partial charge on any atom is -0.478 e.